The van der Waals surface area contributed by atoms with Crippen LogP contribution < -0.4 is 11.1 Å². The van der Waals surface area contributed by atoms with E-state index < -0.39 is 0 Å². The molecule has 1 amide bonds. The molecular weight excluding hydrogens is 297 g/mol. The van der Waals surface area contributed by atoms with Gasteiger partial charge in [0.1, 0.15) is 0 Å². The lowest BCUT2D eigenvalue weighted by Crippen LogP contribution is -2.32. The number of carbonyl (C=O) groups excluding carboxylic acids is 1. The van der Waals surface area contributed by atoms with Crippen LogP contribution in [-0.2, 0) is 4.79 Å². The van der Waals surface area contributed by atoms with E-state index in [2.05, 4.69) is 10.2 Å². The second kappa shape index (κ2) is 7.84. The molecule has 1 heterocycles. The molecule has 112 valence electrons. The maximum absolute atomic E-state index is 12.0. The molecule has 6 heteroatoms. The molecular formula is C14H21Cl2N3O. The summed E-state index contributed by atoms with van der Waals surface area (Å²) in [5.41, 5.74) is 7.33. The number of nitrogens with zero attached hydrogens (tertiary/aromatic N) is 1. The number of likely N-dealkylation sites (tertiary alicyclic amines) is 1. The number of amides is 1. The van der Waals surface area contributed by atoms with Crippen molar-refractivity contribution < 1.29 is 4.79 Å². The van der Waals surface area contributed by atoms with E-state index >= 15 is 0 Å². The first-order valence-corrected chi connectivity index (χ1v) is 6.95. The number of halogens is 2. The van der Waals surface area contributed by atoms with E-state index in [1.54, 1.807) is 0 Å². The van der Waals surface area contributed by atoms with Gasteiger partial charge in [-0.15, -0.1) is 12.4 Å². The van der Waals surface area contributed by atoms with E-state index in [1.807, 2.05) is 25.1 Å². The number of benzene rings is 1. The van der Waals surface area contributed by atoms with Gasteiger partial charge in [0.05, 0.1) is 6.54 Å². The molecule has 1 aliphatic heterocycles. The van der Waals surface area contributed by atoms with Crippen LogP contribution in [0.25, 0.3) is 0 Å². The van der Waals surface area contributed by atoms with Crippen LogP contribution in [0.15, 0.2) is 18.2 Å². The molecule has 1 saturated heterocycles. The molecule has 1 unspecified atom stereocenters. The number of hydrogen-bond acceptors (Lipinski definition) is 3. The van der Waals surface area contributed by atoms with Gasteiger partial charge in [-0.3, -0.25) is 9.69 Å². The standard InChI is InChI=1S/C14H20ClN3O.ClH/c1-10-12(15)3-2-4-13(10)17-14(19)9-18-6-5-11(7-16)8-18;/h2-4,11H,5-9,16H2,1H3,(H,17,19);1H. The van der Waals surface area contributed by atoms with E-state index in [-0.39, 0.29) is 18.3 Å². The Balaban J connectivity index is 0.00000200. The van der Waals surface area contributed by atoms with Crippen molar-refractivity contribution in [1.29, 1.82) is 0 Å². The van der Waals surface area contributed by atoms with Crippen molar-refractivity contribution in [3.05, 3.63) is 28.8 Å². The average Bonchev–Trinajstić information content (AvgIpc) is 2.82. The molecule has 1 aromatic rings. The van der Waals surface area contributed by atoms with Crippen LogP contribution in [0.5, 0.6) is 0 Å². The van der Waals surface area contributed by atoms with Crippen LogP contribution >= 0.6 is 24.0 Å². The molecule has 0 radical (unpaired) electrons. The van der Waals surface area contributed by atoms with Crippen molar-refractivity contribution in [3.8, 4) is 0 Å². The molecule has 1 fully saturated rings. The molecule has 4 nitrogen and oxygen atoms in total. The molecule has 0 saturated carbocycles. The molecule has 20 heavy (non-hydrogen) atoms. The van der Waals surface area contributed by atoms with E-state index in [0.29, 0.717) is 24.0 Å². The van der Waals surface area contributed by atoms with Crippen molar-refractivity contribution in [2.75, 3.05) is 31.5 Å². The van der Waals surface area contributed by atoms with Crippen molar-refractivity contribution in [2.45, 2.75) is 13.3 Å². The Morgan fingerprint density at radius 1 is 1.55 bits per heavy atom. The predicted octanol–water partition coefficient (Wildman–Crippen LogP) is 2.29. The lowest BCUT2D eigenvalue weighted by molar-refractivity contribution is -0.117. The van der Waals surface area contributed by atoms with Crippen molar-refractivity contribution in [1.82, 2.24) is 4.90 Å². The summed E-state index contributed by atoms with van der Waals surface area (Å²) in [7, 11) is 0. The van der Waals surface area contributed by atoms with Gasteiger partial charge in [0.2, 0.25) is 5.91 Å². The van der Waals surface area contributed by atoms with Crippen LogP contribution in [0.3, 0.4) is 0 Å². The van der Waals surface area contributed by atoms with E-state index in [4.69, 9.17) is 17.3 Å². The van der Waals surface area contributed by atoms with Crippen molar-refractivity contribution in [3.63, 3.8) is 0 Å². The number of anilines is 1. The first-order valence-electron chi connectivity index (χ1n) is 6.57. The zero-order chi connectivity index (χ0) is 13.8. The van der Waals surface area contributed by atoms with Gasteiger partial charge in [0.25, 0.3) is 0 Å². The van der Waals surface area contributed by atoms with Gasteiger partial charge in [-0.05, 0) is 50.0 Å². The van der Waals surface area contributed by atoms with Gasteiger partial charge < -0.3 is 11.1 Å². The first kappa shape index (κ1) is 17.2. The third kappa shape index (κ3) is 4.35. The average molecular weight is 318 g/mol. The molecule has 3 N–H and O–H groups in total. The normalized spacial score (nSPS) is 18.6. The van der Waals surface area contributed by atoms with Crippen LogP contribution in [0, 0.1) is 12.8 Å². The number of nitrogens with two attached hydrogens (primary N) is 1. The Bertz CT molecular complexity index is 468. The first-order chi connectivity index (χ1) is 9.10. The second-order valence-electron chi connectivity index (χ2n) is 5.09. The summed E-state index contributed by atoms with van der Waals surface area (Å²) in [4.78, 5) is 14.1. The van der Waals surface area contributed by atoms with Crippen LogP contribution in [-0.4, -0.2) is 37.0 Å². The minimum absolute atomic E-state index is 0. The summed E-state index contributed by atoms with van der Waals surface area (Å²) in [6.45, 7) is 4.88. The minimum atomic E-state index is 0. The fourth-order valence-corrected chi connectivity index (χ4v) is 2.56. The highest BCUT2D eigenvalue weighted by Crippen LogP contribution is 2.23. The molecule has 2 rings (SSSR count). The number of carbonyl (C=O) groups is 1. The highest BCUT2D eigenvalue weighted by molar-refractivity contribution is 6.31. The van der Waals surface area contributed by atoms with Gasteiger partial charge in [-0.1, -0.05) is 17.7 Å². The smallest absolute Gasteiger partial charge is 0.238 e. The molecule has 0 aromatic heterocycles. The Hall–Kier alpha value is -0.810. The summed E-state index contributed by atoms with van der Waals surface area (Å²) in [5, 5.41) is 3.58. The summed E-state index contributed by atoms with van der Waals surface area (Å²) >= 11 is 6.03. The lowest BCUT2D eigenvalue weighted by atomic mass is 10.1. The van der Waals surface area contributed by atoms with Gasteiger partial charge in [-0.2, -0.15) is 0 Å². The van der Waals surface area contributed by atoms with Gasteiger partial charge in [-0.25, -0.2) is 0 Å². The molecule has 0 aliphatic carbocycles. The monoisotopic (exact) mass is 317 g/mol. The van der Waals surface area contributed by atoms with Gasteiger partial charge in [0.15, 0.2) is 0 Å². The lowest BCUT2D eigenvalue weighted by Gasteiger charge is -2.16. The highest BCUT2D eigenvalue weighted by atomic mass is 35.5. The van der Waals surface area contributed by atoms with E-state index in [0.717, 1.165) is 30.8 Å². The summed E-state index contributed by atoms with van der Waals surface area (Å²) in [6.07, 6.45) is 1.08. The number of hydrogen-bond donors (Lipinski definition) is 2. The Kier molecular flexibility index (Phi) is 6.76. The van der Waals surface area contributed by atoms with Crippen LogP contribution in [0.2, 0.25) is 5.02 Å². The maximum atomic E-state index is 12.0. The van der Waals surface area contributed by atoms with E-state index in [1.165, 1.54) is 0 Å². The fourth-order valence-electron chi connectivity index (χ4n) is 2.38. The topological polar surface area (TPSA) is 58.4 Å². The van der Waals surface area contributed by atoms with Gasteiger partial charge in [0, 0.05) is 17.3 Å². The van der Waals surface area contributed by atoms with Crippen molar-refractivity contribution in [2.24, 2.45) is 11.7 Å². The quantitative estimate of drug-likeness (QED) is 0.895. The molecule has 1 atom stereocenters. The van der Waals surface area contributed by atoms with Gasteiger partial charge >= 0.3 is 0 Å². The third-order valence-electron chi connectivity index (χ3n) is 3.61. The SMILES string of the molecule is Cc1c(Cl)cccc1NC(=O)CN1CCC(CN)C1.Cl. The second-order valence-corrected chi connectivity index (χ2v) is 5.49. The third-order valence-corrected chi connectivity index (χ3v) is 4.02. The minimum Gasteiger partial charge on any atom is -0.330 e. The molecule has 1 aliphatic rings. The summed E-state index contributed by atoms with van der Waals surface area (Å²) in [5.74, 6) is 0.531. The maximum Gasteiger partial charge on any atom is 0.238 e. The Morgan fingerprint density at radius 2 is 2.30 bits per heavy atom. The predicted molar refractivity (Wildman–Crippen MR) is 85.7 cm³/mol. The zero-order valence-electron chi connectivity index (χ0n) is 11.6. The summed E-state index contributed by atoms with van der Waals surface area (Å²) in [6, 6.07) is 5.52. The van der Waals surface area contributed by atoms with Crippen molar-refractivity contribution >= 4 is 35.6 Å². The Morgan fingerprint density at radius 3 is 2.95 bits per heavy atom. The fraction of sp³-hybridized carbons (Fsp3) is 0.500. The number of rotatable bonds is 4. The van der Waals surface area contributed by atoms with E-state index in [9.17, 15) is 4.79 Å². The highest BCUT2D eigenvalue weighted by Gasteiger charge is 2.22. The Labute approximate surface area is 131 Å². The van der Waals surface area contributed by atoms with Crippen LogP contribution in [0.4, 0.5) is 5.69 Å². The summed E-state index contributed by atoms with van der Waals surface area (Å²) < 4.78 is 0. The van der Waals surface area contributed by atoms with Crippen LogP contribution in [0.1, 0.15) is 12.0 Å². The number of nitrogens with one attached hydrogen (secondary N) is 1. The molecule has 0 bridgehead atoms. The zero-order valence-corrected chi connectivity index (χ0v) is 13.1. The largest absolute Gasteiger partial charge is 0.330 e. The molecule has 1 aromatic carbocycles. The molecule has 0 spiro atoms.